The molecule has 0 aromatic heterocycles. The molecule has 0 fully saturated rings. The molecule has 0 spiro atoms. The molecule has 2 amide bonds. The Kier molecular flexibility index (Phi) is 7.18. The monoisotopic (exact) mass is 308 g/mol. The van der Waals surface area contributed by atoms with Gasteiger partial charge in [0.2, 0.25) is 0 Å². The molecule has 1 unspecified atom stereocenters. The highest BCUT2D eigenvalue weighted by Crippen LogP contribution is 2.20. The molecule has 1 atom stereocenters. The smallest absolute Gasteiger partial charge is 0.315 e. The molecule has 124 valence electrons. The van der Waals surface area contributed by atoms with Crippen molar-refractivity contribution in [2.75, 3.05) is 13.2 Å². The van der Waals surface area contributed by atoms with E-state index in [9.17, 15) is 15.0 Å². The summed E-state index contributed by atoms with van der Waals surface area (Å²) in [6.45, 7) is 6.74. The number of hydrogen-bond acceptors (Lipinski definition) is 3. The van der Waals surface area contributed by atoms with Crippen LogP contribution in [0.25, 0.3) is 0 Å². The lowest BCUT2D eigenvalue weighted by atomic mass is 9.88. The number of aromatic hydroxyl groups is 1. The molecule has 1 aromatic carbocycles. The van der Waals surface area contributed by atoms with Crippen LogP contribution < -0.4 is 10.6 Å². The van der Waals surface area contributed by atoms with Gasteiger partial charge in [-0.25, -0.2) is 4.79 Å². The van der Waals surface area contributed by atoms with Crippen molar-refractivity contribution in [1.29, 1.82) is 0 Å². The molecule has 0 heterocycles. The van der Waals surface area contributed by atoms with Crippen molar-refractivity contribution in [2.24, 2.45) is 5.41 Å². The van der Waals surface area contributed by atoms with E-state index in [-0.39, 0.29) is 29.8 Å². The van der Waals surface area contributed by atoms with Crippen LogP contribution in [-0.2, 0) is 6.42 Å². The number of hydrogen-bond donors (Lipinski definition) is 4. The van der Waals surface area contributed by atoms with Gasteiger partial charge in [0.05, 0.1) is 12.6 Å². The van der Waals surface area contributed by atoms with Crippen LogP contribution in [0.4, 0.5) is 4.79 Å². The summed E-state index contributed by atoms with van der Waals surface area (Å²) in [4.78, 5) is 11.8. The fourth-order valence-electron chi connectivity index (χ4n) is 2.29. The average molecular weight is 308 g/mol. The minimum absolute atomic E-state index is 0.0551. The number of carbonyl (C=O) groups is 1. The lowest BCUT2D eigenvalue weighted by Gasteiger charge is -2.25. The Morgan fingerprint density at radius 1 is 1.23 bits per heavy atom. The number of nitrogens with one attached hydrogen (secondary N) is 2. The van der Waals surface area contributed by atoms with Gasteiger partial charge >= 0.3 is 6.03 Å². The standard InChI is InChI=1S/C17H28N2O3/c1-17(2,3)11-14(12-20)19-16(22)18-10-4-5-13-6-8-15(21)9-7-13/h6-9,14,20-21H,4-5,10-12H2,1-3H3,(H2,18,19,22). The molecular formula is C17H28N2O3. The van der Waals surface area contributed by atoms with Crippen molar-refractivity contribution >= 4 is 6.03 Å². The molecule has 1 aromatic rings. The SMILES string of the molecule is CC(C)(C)CC(CO)NC(=O)NCCCc1ccc(O)cc1. The molecule has 22 heavy (non-hydrogen) atoms. The highest BCUT2D eigenvalue weighted by molar-refractivity contribution is 5.74. The second-order valence-electron chi connectivity index (χ2n) is 6.81. The van der Waals surface area contributed by atoms with Gasteiger partial charge in [0.1, 0.15) is 5.75 Å². The van der Waals surface area contributed by atoms with E-state index in [1.807, 2.05) is 12.1 Å². The maximum Gasteiger partial charge on any atom is 0.315 e. The van der Waals surface area contributed by atoms with E-state index in [0.29, 0.717) is 6.54 Å². The third kappa shape index (κ3) is 7.88. The van der Waals surface area contributed by atoms with E-state index >= 15 is 0 Å². The molecule has 0 radical (unpaired) electrons. The van der Waals surface area contributed by atoms with E-state index in [0.717, 1.165) is 24.8 Å². The van der Waals surface area contributed by atoms with Crippen molar-refractivity contribution in [2.45, 2.75) is 46.1 Å². The Morgan fingerprint density at radius 3 is 2.41 bits per heavy atom. The Bertz CT molecular complexity index is 452. The Labute approximate surface area is 132 Å². The van der Waals surface area contributed by atoms with Crippen LogP contribution in [0.2, 0.25) is 0 Å². The topological polar surface area (TPSA) is 81.6 Å². The van der Waals surface area contributed by atoms with E-state index in [1.54, 1.807) is 12.1 Å². The van der Waals surface area contributed by atoms with Gasteiger partial charge in [-0.1, -0.05) is 32.9 Å². The van der Waals surface area contributed by atoms with Gasteiger partial charge in [0.15, 0.2) is 0 Å². The van der Waals surface area contributed by atoms with Crippen molar-refractivity contribution in [3.05, 3.63) is 29.8 Å². The third-order valence-electron chi connectivity index (χ3n) is 3.28. The zero-order chi connectivity index (χ0) is 16.6. The van der Waals surface area contributed by atoms with Crippen molar-refractivity contribution in [3.8, 4) is 5.75 Å². The fourth-order valence-corrected chi connectivity index (χ4v) is 2.29. The number of rotatable bonds is 7. The van der Waals surface area contributed by atoms with E-state index in [4.69, 9.17) is 0 Å². The van der Waals surface area contributed by atoms with Gasteiger partial charge in [-0.15, -0.1) is 0 Å². The van der Waals surface area contributed by atoms with Crippen LogP contribution in [0, 0.1) is 5.41 Å². The molecular weight excluding hydrogens is 280 g/mol. The number of aliphatic hydroxyl groups excluding tert-OH is 1. The normalized spacial score (nSPS) is 12.7. The number of aliphatic hydroxyl groups is 1. The molecule has 0 aliphatic carbocycles. The highest BCUT2D eigenvalue weighted by atomic mass is 16.3. The predicted octanol–water partition coefficient (Wildman–Crippen LogP) is 2.42. The molecule has 1 rings (SSSR count). The highest BCUT2D eigenvalue weighted by Gasteiger charge is 2.19. The van der Waals surface area contributed by atoms with Crippen LogP contribution in [0.1, 0.15) is 39.2 Å². The van der Waals surface area contributed by atoms with Crippen molar-refractivity contribution in [1.82, 2.24) is 10.6 Å². The summed E-state index contributed by atoms with van der Waals surface area (Å²) in [5, 5.41) is 24.1. The van der Waals surface area contributed by atoms with Gasteiger partial charge in [0, 0.05) is 6.54 Å². The minimum atomic E-state index is -0.242. The summed E-state index contributed by atoms with van der Waals surface area (Å²) in [5.74, 6) is 0.259. The maximum atomic E-state index is 11.8. The Balaban J connectivity index is 2.23. The average Bonchev–Trinajstić information content (AvgIpc) is 2.43. The lowest BCUT2D eigenvalue weighted by Crippen LogP contribution is -2.45. The molecule has 0 saturated carbocycles. The second-order valence-corrected chi connectivity index (χ2v) is 6.81. The summed E-state index contributed by atoms with van der Waals surface area (Å²) >= 11 is 0. The number of phenols is 1. The first-order chi connectivity index (χ1) is 10.3. The quantitative estimate of drug-likeness (QED) is 0.584. The third-order valence-corrected chi connectivity index (χ3v) is 3.28. The van der Waals surface area contributed by atoms with Crippen LogP contribution in [0.5, 0.6) is 5.75 Å². The Morgan fingerprint density at radius 2 is 1.86 bits per heavy atom. The zero-order valence-corrected chi connectivity index (χ0v) is 13.7. The molecule has 0 saturated heterocycles. The first-order valence-electron chi connectivity index (χ1n) is 7.73. The minimum Gasteiger partial charge on any atom is -0.508 e. The molecule has 5 nitrogen and oxygen atoms in total. The van der Waals surface area contributed by atoms with Gasteiger partial charge < -0.3 is 20.8 Å². The molecule has 0 aliphatic heterocycles. The lowest BCUT2D eigenvalue weighted by molar-refractivity contribution is 0.191. The van der Waals surface area contributed by atoms with Gasteiger partial charge in [0.25, 0.3) is 0 Å². The number of aryl methyl sites for hydroxylation is 1. The zero-order valence-electron chi connectivity index (χ0n) is 13.7. The van der Waals surface area contributed by atoms with Crippen molar-refractivity contribution in [3.63, 3.8) is 0 Å². The van der Waals surface area contributed by atoms with Crippen LogP contribution in [0.3, 0.4) is 0 Å². The number of urea groups is 1. The summed E-state index contributed by atoms with van der Waals surface area (Å²) in [7, 11) is 0. The van der Waals surface area contributed by atoms with E-state index in [1.165, 1.54) is 0 Å². The van der Waals surface area contributed by atoms with E-state index in [2.05, 4.69) is 31.4 Å². The molecule has 5 heteroatoms. The summed E-state index contributed by atoms with van der Waals surface area (Å²) in [6, 6.07) is 6.61. The van der Waals surface area contributed by atoms with Crippen molar-refractivity contribution < 1.29 is 15.0 Å². The number of carbonyl (C=O) groups excluding carboxylic acids is 1. The van der Waals surface area contributed by atoms with E-state index < -0.39 is 0 Å². The van der Waals surface area contributed by atoms with Crippen LogP contribution >= 0.6 is 0 Å². The second kappa shape index (κ2) is 8.63. The maximum absolute atomic E-state index is 11.8. The van der Waals surface area contributed by atoms with Gasteiger partial charge in [-0.05, 0) is 42.4 Å². The summed E-state index contributed by atoms with van der Waals surface area (Å²) in [5.41, 5.74) is 1.18. The van der Waals surface area contributed by atoms with Crippen LogP contribution in [-0.4, -0.2) is 35.4 Å². The fraction of sp³-hybridized carbons (Fsp3) is 0.588. The Hall–Kier alpha value is -1.75. The summed E-state index contributed by atoms with van der Waals surface area (Å²) in [6.07, 6.45) is 2.39. The van der Waals surface area contributed by atoms with Gasteiger partial charge in [-0.2, -0.15) is 0 Å². The number of benzene rings is 1. The predicted molar refractivity (Wildman–Crippen MR) is 87.9 cm³/mol. The first-order valence-corrected chi connectivity index (χ1v) is 7.73. The molecule has 0 bridgehead atoms. The molecule has 0 aliphatic rings. The first kappa shape index (κ1) is 18.3. The largest absolute Gasteiger partial charge is 0.508 e. The number of phenolic OH excluding ortho intramolecular Hbond substituents is 1. The van der Waals surface area contributed by atoms with Crippen LogP contribution in [0.15, 0.2) is 24.3 Å². The summed E-state index contributed by atoms with van der Waals surface area (Å²) < 4.78 is 0. The molecule has 4 N–H and O–H groups in total. The van der Waals surface area contributed by atoms with Gasteiger partial charge in [-0.3, -0.25) is 0 Å². The number of amides is 2.